The molecule has 1 amide bonds. The predicted molar refractivity (Wildman–Crippen MR) is 103 cm³/mol. The lowest BCUT2D eigenvalue weighted by molar-refractivity contribution is -0.118. The van der Waals surface area contributed by atoms with Gasteiger partial charge in [0.1, 0.15) is 11.6 Å². The van der Waals surface area contributed by atoms with Gasteiger partial charge in [0.15, 0.2) is 0 Å². The summed E-state index contributed by atoms with van der Waals surface area (Å²) in [4.78, 5) is 11.4. The normalized spacial score (nSPS) is 12.0. The van der Waals surface area contributed by atoms with Gasteiger partial charge in [-0.3, -0.25) is 4.79 Å². The SMILES string of the molecule is CC(C)Oc1ccc(C(CCNC(=O)CCl)Cc2ccccc2)cc1. The lowest BCUT2D eigenvalue weighted by Gasteiger charge is -2.19. The number of carbonyl (C=O) groups is 1. The molecule has 0 aliphatic heterocycles. The van der Waals surface area contributed by atoms with Crippen molar-refractivity contribution in [2.75, 3.05) is 12.4 Å². The topological polar surface area (TPSA) is 38.3 Å². The molecule has 2 aromatic rings. The number of ether oxygens (including phenoxy) is 1. The second-order valence-corrected chi connectivity index (χ2v) is 6.66. The second kappa shape index (κ2) is 10.1. The first kappa shape index (κ1) is 19.3. The number of halogens is 1. The third-order valence-electron chi connectivity index (χ3n) is 3.98. The summed E-state index contributed by atoms with van der Waals surface area (Å²) >= 11 is 5.55. The molecule has 0 saturated heterocycles. The Hall–Kier alpha value is -2.00. The van der Waals surface area contributed by atoms with Crippen LogP contribution in [0.3, 0.4) is 0 Å². The van der Waals surface area contributed by atoms with Crippen LogP contribution in [0.1, 0.15) is 37.3 Å². The third kappa shape index (κ3) is 6.79. The minimum atomic E-state index is -0.124. The summed E-state index contributed by atoms with van der Waals surface area (Å²) in [7, 11) is 0. The molecule has 3 nitrogen and oxygen atoms in total. The van der Waals surface area contributed by atoms with E-state index in [0.29, 0.717) is 12.5 Å². The zero-order valence-corrected chi connectivity index (χ0v) is 15.6. The van der Waals surface area contributed by atoms with Crippen molar-refractivity contribution in [3.8, 4) is 5.75 Å². The van der Waals surface area contributed by atoms with Gasteiger partial charge < -0.3 is 10.1 Å². The summed E-state index contributed by atoms with van der Waals surface area (Å²) in [6.07, 6.45) is 1.96. The molecule has 25 heavy (non-hydrogen) atoms. The molecule has 2 rings (SSSR count). The maximum atomic E-state index is 11.4. The smallest absolute Gasteiger partial charge is 0.234 e. The first-order valence-electron chi connectivity index (χ1n) is 8.71. The number of nitrogens with one attached hydrogen (secondary N) is 1. The van der Waals surface area contributed by atoms with Crippen LogP contribution in [-0.2, 0) is 11.2 Å². The molecule has 1 unspecified atom stereocenters. The maximum absolute atomic E-state index is 11.4. The molecule has 134 valence electrons. The molecule has 4 heteroatoms. The van der Waals surface area contributed by atoms with Crippen LogP contribution in [0.15, 0.2) is 54.6 Å². The summed E-state index contributed by atoms with van der Waals surface area (Å²) in [6.45, 7) is 4.66. The fraction of sp³-hybridized carbons (Fsp3) is 0.381. The summed E-state index contributed by atoms with van der Waals surface area (Å²) in [5.74, 6) is 1.09. The lowest BCUT2D eigenvalue weighted by Crippen LogP contribution is -2.26. The average Bonchev–Trinajstić information content (AvgIpc) is 2.62. The Labute approximate surface area is 155 Å². The summed E-state index contributed by atoms with van der Waals surface area (Å²) in [5, 5.41) is 2.86. The number of hydrogen-bond donors (Lipinski definition) is 1. The van der Waals surface area contributed by atoms with Crippen molar-refractivity contribution in [3.63, 3.8) is 0 Å². The number of hydrogen-bond acceptors (Lipinski definition) is 2. The highest BCUT2D eigenvalue weighted by Crippen LogP contribution is 2.26. The van der Waals surface area contributed by atoms with Crippen LogP contribution in [0.5, 0.6) is 5.75 Å². The number of amides is 1. The van der Waals surface area contributed by atoms with E-state index in [1.807, 2.05) is 32.0 Å². The van der Waals surface area contributed by atoms with E-state index in [1.54, 1.807) is 0 Å². The van der Waals surface area contributed by atoms with Crippen LogP contribution in [0.25, 0.3) is 0 Å². The largest absolute Gasteiger partial charge is 0.491 e. The van der Waals surface area contributed by atoms with Gasteiger partial charge in [0.05, 0.1) is 6.10 Å². The van der Waals surface area contributed by atoms with Crippen LogP contribution in [0, 0.1) is 0 Å². The molecule has 0 fully saturated rings. The molecule has 0 radical (unpaired) electrons. The Morgan fingerprint density at radius 3 is 2.36 bits per heavy atom. The van der Waals surface area contributed by atoms with Gasteiger partial charge in [-0.2, -0.15) is 0 Å². The standard InChI is InChI=1S/C21H26ClNO2/c1-16(2)25-20-10-8-18(9-11-20)19(12-13-23-21(24)15-22)14-17-6-4-3-5-7-17/h3-11,16,19H,12-15H2,1-2H3,(H,23,24). The summed E-state index contributed by atoms with van der Waals surface area (Å²) in [6, 6.07) is 18.7. The zero-order chi connectivity index (χ0) is 18.1. The average molecular weight is 360 g/mol. The number of alkyl halides is 1. The van der Waals surface area contributed by atoms with Crippen molar-refractivity contribution in [2.45, 2.75) is 38.7 Å². The molecule has 2 aromatic carbocycles. The third-order valence-corrected chi connectivity index (χ3v) is 4.23. The van der Waals surface area contributed by atoms with Crippen LogP contribution in [-0.4, -0.2) is 24.4 Å². The summed E-state index contributed by atoms with van der Waals surface area (Å²) in [5.41, 5.74) is 2.54. The Balaban J connectivity index is 2.08. The highest BCUT2D eigenvalue weighted by molar-refractivity contribution is 6.27. The van der Waals surface area contributed by atoms with E-state index in [-0.39, 0.29) is 17.9 Å². The minimum absolute atomic E-state index is 0.00455. The van der Waals surface area contributed by atoms with Gasteiger partial charge in [-0.1, -0.05) is 42.5 Å². The first-order chi connectivity index (χ1) is 12.1. The van der Waals surface area contributed by atoms with Crippen molar-refractivity contribution in [3.05, 3.63) is 65.7 Å². The van der Waals surface area contributed by atoms with Crippen LogP contribution >= 0.6 is 11.6 Å². The van der Waals surface area contributed by atoms with Gasteiger partial charge in [0.2, 0.25) is 5.91 Å². The van der Waals surface area contributed by atoms with E-state index in [9.17, 15) is 4.79 Å². The fourth-order valence-electron chi connectivity index (χ4n) is 2.81. The van der Waals surface area contributed by atoms with E-state index in [0.717, 1.165) is 18.6 Å². The molecule has 0 bridgehead atoms. The Morgan fingerprint density at radius 1 is 1.08 bits per heavy atom. The van der Waals surface area contributed by atoms with Gasteiger partial charge in [-0.15, -0.1) is 11.6 Å². The van der Waals surface area contributed by atoms with Crippen molar-refractivity contribution >= 4 is 17.5 Å². The number of rotatable bonds is 9. The molecule has 1 N–H and O–H groups in total. The molecule has 0 saturated carbocycles. The van der Waals surface area contributed by atoms with Crippen molar-refractivity contribution < 1.29 is 9.53 Å². The van der Waals surface area contributed by atoms with Crippen molar-refractivity contribution in [2.24, 2.45) is 0 Å². The van der Waals surface area contributed by atoms with Gasteiger partial charge in [0, 0.05) is 6.54 Å². The summed E-state index contributed by atoms with van der Waals surface area (Å²) < 4.78 is 5.72. The predicted octanol–water partition coefficient (Wildman–Crippen LogP) is 4.55. The van der Waals surface area contributed by atoms with Gasteiger partial charge >= 0.3 is 0 Å². The molecule has 0 aliphatic rings. The molecular weight excluding hydrogens is 334 g/mol. The van der Waals surface area contributed by atoms with Crippen LogP contribution < -0.4 is 10.1 Å². The maximum Gasteiger partial charge on any atom is 0.234 e. The Kier molecular flexibility index (Phi) is 7.80. The minimum Gasteiger partial charge on any atom is -0.491 e. The van der Waals surface area contributed by atoms with E-state index in [4.69, 9.17) is 16.3 Å². The zero-order valence-electron chi connectivity index (χ0n) is 14.9. The van der Waals surface area contributed by atoms with Crippen molar-refractivity contribution in [1.82, 2.24) is 5.32 Å². The van der Waals surface area contributed by atoms with Gasteiger partial charge in [-0.05, 0) is 55.9 Å². The van der Waals surface area contributed by atoms with Gasteiger partial charge in [0.25, 0.3) is 0 Å². The quantitative estimate of drug-likeness (QED) is 0.667. The number of benzene rings is 2. The fourth-order valence-corrected chi connectivity index (χ4v) is 2.90. The van der Waals surface area contributed by atoms with E-state index in [1.165, 1.54) is 11.1 Å². The molecule has 0 aliphatic carbocycles. The number of carbonyl (C=O) groups excluding carboxylic acids is 1. The Morgan fingerprint density at radius 2 is 1.76 bits per heavy atom. The monoisotopic (exact) mass is 359 g/mol. The first-order valence-corrected chi connectivity index (χ1v) is 9.25. The molecular formula is C21H26ClNO2. The van der Waals surface area contributed by atoms with E-state index in [2.05, 4.69) is 41.7 Å². The second-order valence-electron chi connectivity index (χ2n) is 6.39. The molecule has 1 atom stereocenters. The van der Waals surface area contributed by atoms with E-state index >= 15 is 0 Å². The van der Waals surface area contributed by atoms with Crippen LogP contribution in [0.2, 0.25) is 0 Å². The van der Waals surface area contributed by atoms with E-state index < -0.39 is 0 Å². The Bertz CT molecular complexity index is 641. The lowest BCUT2D eigenvalue weighted by atomic mass is 9.89. The molecule has 0 heterocycles. The highest BCUT2D eigenvalue weighted by atomic mass is 35.5. The van der Waals surface area contributed by atoms with Gasteiger partial charge in [-0.25, -0.2) is 0 Å². The highest BCUT2D eigenvalue weighted by Gasteiger charge is 2.13. The van der Waals surface area contributed by atoms with Crippen LogP contribution in [0.4, 0.5) is 0 Å². The molecule has 0 spiro atoms. The van der Waals surface area contributed by atoms with Crippen molar-refractivity contribution in [1.29, 1.82) is 0 Å². The molecule has 0 aromatic heterocycles.